The summed E-state index contributed by atoms with van der Waals surface area (Å²) in [7, 11) is -0.489. The summed E-state index contributed by atoms with van der Waals surface area (Å²) in [5.74, 6) is 0. The van der Waals surface area contributed by atoms with Crippen LogP contribution in [-0.2, 0) is 0 Å². The predicted molar refractivity (Wildman–Crippen MR) is 30.7 cm³/mol. The zero-order valence-electron chi connectivity index (χ0n) is 4.87. The van der Waals surface area contributed by atoms with Gasteiger partial charge < -0.3 is 0 Å². The van der Waals surface area contributed by atoms with Gasteiger partial charge in [-0.15, -0.1) is 5.10 Å². The fourth-order valence-electron chi connectivity index (χ4n) is 0.366. The van der Waals surface area contributed by atoms with E-state index < -0.39 is 8.96 Å². The van der Waals surface area contributed by atoms with Gasteiger partial charge in [-0.3, -0.25) is 4.35 Å². The van der Waals surface area contributed by atoms with Crippen molar-refractivity contribution >= 4 is 8.96 Å². The summed E-state index contributed by atoms with van der Waals surface area (Å²) in [6.07, 6.45) is 1.65. The Morgan fingerprint density at radius 1 is 1.50 bits per heavy atom. The molecule has 0 unspecified atom stereocenters. The van der Waals surface area contributed by atoms with Gasteiger partial charge >= 0.3 is 0 Å². The van der Waals surface area contributed by atoms with Crippen molar-refractivity contribution in [2.24, 2.45) is 0 Å². The maximum Gasteiger partial charge on any atom is 0.198 e. The van der Waals surface area contributed by atoms with Crippen LogP contribution in [0.25, 0.3) is 0 Å². The van der Waals surface area contributed by atoms with E-state index in [1.54, 1.807) is 10.7 Å². The molecule has 0 N–H and O–H groups in total. The van der Waals surface area contributed by atoms with Gasteiger partial charge in [0.2, 0.25) is 0 Å². The van der Waals surface area contributed by atoms with E-state index in [-0.39, 0.29) is 0 Å². The summed E-state index contributed by atoms with van der Waals surface area (Å²) in [5.41, 5.74) is 0. The van der Waals surface area contributed by atoms with Crippen molar-refractivity contribution in [3.63, 3.8) is 0 Å². The van der Waals surface area contributed by atoms with Crippen molar-refractivity contribution in [2.75, 3.05) is 0 Å². The first-order valence-corrected chi connectivity index (χ1v) is 4.79. The summed E-state index contributed by atoms with van der Waals surface area (Å²) in [6.45, 7) is 4.25. The van der Waals surface area contributed by atoms with Crippen LogP contribution in [0.2, 0.25) is 13.1 Å². The van der Waals surface area contributed by atoms with Crippen LogP contribution < -0.4 is 0 Å². The third-order valence-electron chi connectivity index (χ3n) is 0.807. The Hall–Kier alpha value is -0.713. The van der Waals surface area contributed by atoms with E-state index in [9.17, 15) is 0 Å². The van der Waals surface area contributed by atoms with E-state index in [1.807, 2.05) is 0 Å². The number of tetrazole rings is 1. The maximum atomic E-state index is 3.72. The smallest absolute Gasteiger partial charge is 0.198 e. The predicted octanol–water partition coefficient (Wildman–Crippen LogP) is -0.228. The second-order valence-corrected chi connectivity index (χ2v) is 4.05. The molecule has 4 nitrogen and oxygen atoms in total. The molecule has 0 aliphatic rings. The Morgan fingerprint density at radius 2 is 2.25 bits per heavy atom. The molecular formula is C3H7N4Si. The van der Waals surface area contributed by atoms with Gasteiger partial charge in [0, 0.05) is 0 Å². The van der Waals surface area contributed by atoms with Crippen molar-refractivity contribution in [1.29, 1.82) is 0 Å². The Balaban J connectivity index is 2.77. The average molecular weight is 127 g/mol. The normalized spacial score (nSPS) is 10.4. The Kier molecular flexibility index (Phi) is 1.38. The van der Waals surface area contributed by atoms with Gasteiger partial charge in [-0.05, 0) is 5.21 Å². The lowest BCUT2D eigenvalue weighted by Crippen LogP contribution is -2.15. The lowest BCUT2D eigenvalue weighted by atomic mass is 11.4. The molecule has 0 spiro atoms. The standard InChI is InChI=1S/C3H7N4Si/c1-8(2)7-3-4-5-6-7/h3H,1-2H3. The number of nitrogens with zero attached hydrogens (tertiary/aromatic N) is 4. The van der Waals surface area contributed by atoms with Crippen LogP contribution in [0.4, 0.5) is 0 Å². The van der Waals surface area contributed by atoms with Crippen LogP contribution in [-0.4, -0.2) is 28.8 Å². The quantitative estimate of drug-likeness (QED) is 0.489. The molecule has 1 heterocycles. The first kappa shape index (κ1) is 5.42. The molecule has 0 bridgehead atoms. The summed E-state index contributed by atoms with van der Waals surface area (Å²) < 4.78 is 1.80. The molecule has 0 aromatic carbocycles. The zero-order valence-corrected chi connectivity index (χ0v) is 5.87. The zero-order chi connectivity index (χ0) is 5.98. The fourth-order valence-corrected chi connectivity index (χ4v) is 0.868. The molecule has 0 amide bonds. The Bertz CT molecular complexity index is 146. The van der Waals surface area contributed by atoms with Crippen molar-refractivity contribution in [2.45, 2.75) is 13.1 Å². The van der Waals surface area contributed by atoms with Gasteiger partial charge in [0.15, 0.2) is 8.96 Å². The van der Waals surface area contributed by atoms with Crippen LogP contribution in [0.3, 0.4) is 0 Å². The van der Waals surface area contributed by atoms with Crippen LogP contribution in [0.15, 0.2) is 6.33 Å². The van der Waals surface area contributed by atoms with Gasteiger partial charge in [0.1, 0.15) is 6.33 Å². The fraction of sp³-hybridized carbons (Fsp3) is 0.667. The molecule has 0 saturated heterocycles. The molecule has 1 radical (unpaired) electrons. The monoisotopic (exact) mass is 127 g/mol. The summed E-state index contributed by atoms with van der Waals surface area (Å²) in [4.78, 5) is 0. The second kappa shape index (κ2) is 2.04. The van der Waals surface area contributed by atoms with Gasteiger partial charge in [0.25, 0.3) is 0 Å². The molecule has 0 fully saturated rings. The van der Waals surface area contributed by atoms with Crippen molar-refractivity contribution in [3.05, 3.63) is 6.33 Å². The molecule has 43 valence electrons. The first-order valence-electron chi connectivity index (χ1n) is 2.34. The molecule has 1 rings (SSSR count). The molecule has 0 saturated carbocycles. The average Bonchev–Trinajstić information content (AvgIpc) is 2.12. The molecule has 0 aliphatic heterocycles. The highest BCUT2D eigenvalue weighted by Crippen LogP contribution is 1.79. The highest BCUT2D eigenvalue weighted by molar-refractivity contribution is 6.53. The van der Waals surface area contributed by atoms with Crippen molar-refractivity contribution in [3.8, 4) is 0 Å². The summed E-state index contributed by atoms with van der Waals surface area (Å²) in [5, 5.41) is 10.7. The third-order valence-corrected chi connectivity index (χ3v) is 1.93. The van der Waals surface area contributed by atoms with E-state index in [0.717, 1.165) is 0 Å². The van der Waals surface area contributed by atoms with Crippen LogP contribution in [0.5, 0.6) is 0 Å². The SMILES string of the molecule is C[Si](C)n1cnnn1. The van der Waals surface area contributed by atoms with E-state index in [4.69, 9.17) is 0 Å². The van der Waals surface area contributed by atoms with Crippen LogP contribution in [0.1, 0.15) is 0 Å². The third kappa shape index (κ3) is 0.918. The van der Waals surface area contributed by atoms with E-state index in [2.05, 4.69) is 28.6 Å². The summed E-state index contributed by atoms with van der Waals surface area (Å²) in [6, 6.07) is 0. The van der Waals surface area contributed by atoms with Crippen LogP contribution >= 0.6 is 0 Å². The minimum Gasteiger partial charge on any atom is -0.265 e. The lowest BCUT2D eigenvalue weighted by Gasteiger charge is -1.95. The molecule has 5 heteroatoms. The largest absolute Gasteiger partial charge is 0.265 e. The Labute approximate surface area is 49.2 Å². The highest BCUT2D eigenvalue weighted by atomic mass is 28.3. The molecule has 8 heavy (non-hydrogen) atoms. The van der Waals surface area contributed by atoms with Gasteiger partial charge in [-0.2, -0.15) is 0 Å². The van der Waals surface area contributed by atoms with E-state index in [0.29, 0.717) is 0 Å². The second-order valence-electron chi connectivity index (χ2n) is 1.70. The topological polar surface area (TPSA) is 43.6 Å². The maximum absolute atomic E-state index is 3.72. The van der Waals surface area contributed by atoms with Gasteiger partial charge in [-0.1, -0.05) is 18.3 Å². The molecule has 0 aliphatic carbocycles. The minimum absolute atomic E-state index is 0.489. The molecule has 1 aromatic rings. The minimum atomic E-state index is -0.489. The van der Waals surface area contributed by atoms with Crippen molar-refractivity contribution in [1.82, 2.24) is 19.9 Å². The molecule has 1 aromatic heterocycles. The number of aromatic nitrogens is 4. The molecular weight excluding hydrogens is 120 g/mol. The summed E-state index contributed by atoms with van der Waals surface area (Å²) >= 11 is 0. The van der Waals surface area contributed by atoms with E-state index in [1.165, 1.54) is 0 Å². The van der Waals surface area contributed by atoms with Crippen LogP contribution in [0, 0.1) is 0 Å². The number of hydrogen-bond acceptors (Lipinski definition) is 3. The number of rotatable bonds is 1. The highest BCUT2D eigenvalue weighted by Gasteiger charge is 1.98. The Morgan fingerprint density at radius 3 is 2.50 bits per heavy atom. The van der Waals surface area contributed by atoms with Gasteiger partial charge in [-0.25, -0.2) is 0 Å². The van der Waals surface area contributed by atoms with E-state index >= 15 is 0 Å². The number of hydrogen-bond donors (Lipinski definition) is 0. The first-order chi connectivity index (χ1) is 3.80. The van der Waals surface area contributed by atoms with Crippen molar-refractivity contribution < 1.29 is 0 Å². The lowest BCUT2D eigenvalue weighted by molar-refractivity contribution is 0.831. The molecule has 0 atom stereocenters. The van der Waals surface area contributed by atoms with Gasteiger partial charge in [0.05, 0.1) is 0 Å².